The second-order valence-electron chi connectivity index (χ2n) is 7.80. The zero-order valence-electron chi connectivity index (χ0n) is 17.5. The molecule has 2 N–H and O–H groups in total. The van der Waals surface area contributed by atoms with Crippen molar-refractivity contribution in [3.8, 4) is 0 Å². The van der Waals surface area contributed by atoms with Crippen LogP contribution >= 0.6 is 7.82 Å². The first-order valence-corrected chi connectivity index (χ1v) is 11.9. The lowest BCUT2D eigenvalue weighted by Crippen LogP contribution is -2.32. The van der Waals surface area contributed by atoms with Gasteiger partial charge in [-0.3, -0.25) is 23.1 Å². The molecule has 0 aliphatic carbocycles. The molecular formula is C19H19N6O8P. The van der Waals surface area contributed by atoms with E-state index in [1.807, 2.05) is 0 Å². The fraction of sp³-hybridized carbons (Fsp3) is 0.421. The Labute approximate surface area is 191 Å². The molecule has 3 aliphatic rings. The van der Waals surface area contributed by atoms with Crippen LogP contribution in [0.1, 0.15) is 24.3 Å². The molecule has 1 unspecified atom stereocenters. The summed E-state index contributed by atoms with van der Waals surface area (Å²) in [7, 11) is -3.90. The predicted molar refractivity (Wildman–Crippen MR) is 111 cm³/mol. The van der Waals surface area contributed by atoms with Crippen molar-refractivity contribution in [3.63, 3.8) is 0 Å². The molecule has 0 amide bonds. The van der Waals surface area contributed by atoms with Crippen LogP contribution in [-0.2, 0) is 32.3 Å². The summed E-state index contributed by atoms with van der Waals surface area (Å²) in [5.74, 6) is 0.200. The van der Waals surface area contributed by atoms with Crippen LogP contribution in [0.3, 0.4) is 0 Å². The maximum absolute atomic E-state index is 13.1. The lowest BCUT2D eigenvalue weighted by atomic mass is 10.1. The van der Waals surface area contributed by atoms with Crippen molar-refractivity contribution in [2.24, 2.45) is 0 Å². The minimum absolute atomic E-state index is 0.185. The lowest BCUT2D eigenvalue weighted by Gasteiger charge is -2.29. The monoisotopic (exact) mass is 490 g/mol. The number of carbonyl (C=O) groups excluding carboxylic acids is 1. The van der Waals surface area contributed by atoms with Gasteiger partial charge < -0.3 is 19.9 Å². The first-order chi connectivity index (χ1) is 16.5. The van der Waals surface area contributed by atoms with E-state index in [2.05, 4.69) is 19.9 Å². The standard InChI is InChI=1S/C19H19N6O8P/c20-16-13-17(23-8-22-16)25(9-24-13)18-15-14(31-19(26)32-15)12(30-18)7-29-34(27)28-6-3-11(33-34)10-1-4-21-5-2-10/h1-2,4-5,8-9,11-12,14-15,18H,3,6-7H2,(H2,20,22,23)/t11-,12+,14+,15+,18+,34?/m0/s1. The van der Waals surface area contributed by atoms with Crippen molar-refractivity contribution in [1.29, 1.82) is 0 Å². The average Bonchev–Trinajstić information content (AvgIpc) is 3.52. The number of phosphoric ester groups is 1. The third-order valence-corrected chi connectivity index (χ3v) is 7.25. The van der Waals surface area contributed by atoms with Crippen molar-refractivity contribution in [2.45, 2.75) is 37.1 Å². The summed E-state index contributed by atoms with van der Waals surface area (Å²) in [6.07, 6.45) is 1.91. The number of phosphoric acid groups is 1. The highest BCUT2D eigenvalue weighted by Crippen LogP contribution is 2.57. The first kappa shape index (κ1) is 21.4. The second-order valence-corrected chi connectivity index (χ2v) is 9.42. The van der Waals surface area contributed by atoms with E-state index >= 15 is 0 Å². The van der Waals surface area contributed by atoms with Gasteiger partial charge in [-0.1, -0.05) is 0 Å². The van der Waals surface area contributed by atoms with Gasteiger partial charge in [0.05, 0.1) is 25.6 Å². The quantitative estimate of drug-likeness (QED) is 0.406. The maximum atomic E-state index is 13.1. The van der Waals surface area contributed by atoms with Gasteiger partial charge in [-0.25, -0.2) is 24.3 Å². The third kappa shape index (κ3) is 3.69. The Morgan fingerprint density at radius 1 is 1.18 bits per heavy atom. The molecule has 34 heavy (non-hydrogen) atoms. The van der Waals surface area contributed by atoms with E-state index in [0.717, 1.165) is 5.56 Å². The van der Waals surface area contributed by atoms with Crippen LogP contribution in [0.2, 0.25) is 0 Å². The number of aromatic nitrogens is 5. The van der Waals surface area contributed by atoms with Crippen molar-refractivity contribution in [3.05, 3.63) is 42.7 Å². The van der Waals surface area contributed by atoms with E-state index in [9.17, 15) is 9.36 Å². The van der Waals surface area contributed by atoms with E-state index in [0.29, 0.717) is 17.6 Å². The topological polar surface area (TPSA) is 172 Å². The third-order valence-electron chi connectivity index (χ3n) is 5.77. The van der Waals surface area contributed by atoms with Crippen molar-refractivity contribution >= 4 is 31.0 Å². The molecule has 0 aromatic carbocycles. The van der Waals surface area contributed by atoms with Crippen molar-refractivity contribution in [2.75, 3.05) is 18.9 Å². The van der Waals surface area contributed by atoms with Crippen LogP contribution in [0, 0.1) is 0 Å². The highest BCUT2D eigenvalue weighted by atomic mass is 31.2. The van der Waals surface area contributed by atoms with Crippen LogP contribution in [0.25, 0.3) is 11.2 Å². The SMILES string of the molecule is Nc1ncnc2c1ncn2[C@@H]1O[C@H](COP2(=O)OCC[C@@H](c3ccncc3)O2)[C@H]2OC(=O)O[C@H]21. The summed E-state index contributed by atoms with van der Waals surface area (Å²) < 4.78 is 48.0. The molecule has 3 aliphatic heterocycles. The van der Waals surface area contributed by atoms with Gasteiger partial charge in [0.2, 0.25) is 0 Å². The number of fused-ring (bicyclic) bond motifs is 2. The number of nitrogens with two attached hydrogens (primary N) is 1. The van der Waals surface area contributed by atoms with Gasteiger partial charge >= 0.3 is 14.0 Å². The molecule has 0 saturated carbocycles. The molecule has 0 spiro atoms. The number of anilines is 1. The van der Waals surface area contributed by atoms with Gasteiger partial charge in [-0.05, 0) is 17.7 Å². The number of ether oxygens (including phenoxy) is 3. The van der Waals surface area contributed by atoms with E-state index in [1.54, 1.807) is 29.1 Å². The molecule has 3 fully saturated rings. The Balaban J connectivity index is 1.20. The first-order valence-electron chi connectivity index (χ1n) is 10.4. The average molecular weight is 490 g/mol. The van der Waals surface area contributed by atoms with Crippen LogP contribution < -0.4 is 5.73 Å². The summed E-state index contributed by atoms with van der Waals surface area (Å²) in [5, 5.41) is 0. The van der Waals surface area contributed by atoms with Crippen molar-refractivity contribution in [1.82, 2.24) is 24.5 Å². The number of hydrogen-bond donors (Lipinski definition) is 1. The van der Waals surface area contributed by atoms with Gasteiger partial charge in [0.25, 0.3) is 0 Å². The Kier molecular flexibility index (Phi) is 5.19. The zero-order valence-corrected chi connectivity index (χ0v) is 18.4. The Hall–Kier alpha value is -3.16. The molecule has 6 heterocycles. The van der Waals surface area contributed by atoms with Crippen LogP contribution in [0.5, 0.6) is 0 Å². The van der Waals surface area contributed by atoms with E-state index < -0.39 is 44.6 Å². The van der Waals surface area contributed by atoms with E-state index in [4.69, 9.17) is 33.5 Å². The summed E-state index contributed by atoms with van der Waals surface area (Å²) >= 11 is 0. The highest BCUT2D eigenvalue weighted by molar-refractivity contribution is 7.48. The molecule has 3 aromatic heterocycles. The number of carbonyl (C=O) groups is 1. The van der Waals surface area contributed by atoms with Crippen molar-refractivity contribution < 1.29 is 37.1 Å². The number of imidazole rings is 1. The minimum atomic E-state index is -3.90. The number of pyridine rings is 1. The molecule has 6 rings (SSSR count). The smallest absolute Gasteiger partial charge is 0.424 e. The summed E-state index contributed by atoms with van der Waals surface area (Å²) in [4.78, 5) is 28.2. The summed E-state index contributed by atoms with van der Waals surface area (Å²) in [5.41, 5.74) is 7.45. The highest BCUT2D eigenvalue weighted by Gasteiger charge is 2.56. The number of nitrogens with zero attached hydrogens (tertiary/aromatic N) is 5. The minimum Gasteiger partial charge on any atom is -0.424 e. The Bertz CT molecular complexity index is 1270. The molecule has 6 atom stereocenters. The van der Waals surface area contributed by atoms with Gasteiger partial charge in [0.15, 0.2) is 29.9 Å². The van der Waals surface area contributed by atoms with Crippen LogP contribution in [0.4, 0.5) is 10.6 Å². The molecule has 178 valence electrons. The van der Waals surface area contributed by atoms with Gasteiger partial charge in [-0.2, -0.15) is 0 Å². The molecular weight excluding hydrogens is 471 g/mol. The fourth-order valence-corrected chi connectivity index (χ4v) is 5.58. The zero-order chi connectivity index (χ0) is 23.3. The van der Waals surface area contributed by atoms with Gasteiger partial charge in [-0.15, -0.1) is 0 Å². The maximum Gasteiger partial charge on any atom is 0.509 e. The molecule has 14 nitrogen and oxygen atoms in total. The number of nitrogen functional groups attached to an aromatic ring is 1. The normalized spacial score (nSPS) is 32.9. The van der Waals surface area contributed by atoms with Gasteiger partial charge in [0, 0.05) is 18.8 Å². The fourth-order valence-electron chi connectivity index (χ4n) is 4.19. The lowest BCUT2D eigenvalue weighted by molar-refractivity contribution is -0.0745. The largest absolute Gasteiger partial charge is 0.509 e. The molecule has 0 bridgehead atoms. The Morgan fingerprint density at radius 2 is 2.00 bits per heavy atom. The van der Waals surface area contributed by atoms with Gasteiger partial charge in [0.1, 0.15) is 17.9 Å². The molecule has 15 heteroatoms. The Morgan fingerprint density at radius 3 is 2.85 bits per heavy atom. The number of hydrogen-bond acceptors (Lipinski definition) is 13. The van der Waals surface area contributed by atoms with Crippen LogP contribution in [0.15, 0.2) is 37.2 Å². The molecule has 0 radical (unpaired) electrons. The molecule has 3 aromatic rings. The van der Waals surface area contributed by atoms with E-state index in [-0.39, 0.29) is 19.0 Å². The van der Waals surface area contributed by atoms with Crippen LogP contribution in [-0.4, -0.2) is 62.2 Å². The van der Waals surface area contributed by atoms with E-state index in [1.165, 1.54) is 12.7 Å². The number of rotatable bonds is 5. The summed E-state index contributed by atoms with van der Waals surface area (Å²) in [6, 6.07) is 3.55. The molecule has 3 saturated heterocycles. The second kappa shape index (κ2) is 8.25. The predicted octanol–water partition coefficient (Wildman–Crippen LogP) is 1.91. The summed E-state index contributed by atoms with van der Waals surface area (Å²) in [6.45, 7) is -0.0525.